The SMILES string of the molecule is O=C(Cl)Oc1ccc(Br)cc1. The summed E-state index contributed by atoms with van der Waals surface area (Å²) in [5.74, 6) is 0.438. The maximum absolute atomic E-state index is 10.2. The first-order valence-electron chi connectivity index (χ1n) is 2.81. The largest absolute Gasteiger partial charge is 0.415 e. The van der Waals surface area contributed by atoms with Gasteiger partial charge in [0.2, 0.25) is 0 Å². The summed E-state index contributed by atoms with van der Waals surface area (Å²) in [4.78, 5) is 10.2. The van der Waals surface area contributed by atoms with E-state index >= 15 is 0 Å². The fourth-order valence-corrected chi connectivity index (χ4v) is 0.949. The Balaban J connectivity index is 2.74. The van der Waals surface area contributed by atoms with Crippen LogP contribution in [0.15, 0.2) is 28.7 Å². The first kappa shape index (κ1) is 8.56. The van der Waals surface area contributed by atoms with Crippen LogP contribution < -0.4 is 4.74 Å². The van der Waals surface area contributed by atoms with Gasteiger partial charge in [0.1, 0.15) is 5.75 Å². The van der Waals surface area contributed by atoms with E-state index in [-0.39, 0.29) is 0 Å². The van der Waals surface area contributed by atoms with Gasteiger partial charge in [-0.1, -0.05) is 15.9 Å². The van der Waals surface area contributed by atoms with Crippen molar-refractivity contribution in [3.05, 3.63) is 28.7 Å². The van der Waals surface area contributed by atoms with Gasteiger partial charge in [0.25, 0.3) is 0 Å². The molecule has 58 valence electrons. The van der Waals surface area contributed by atoms with Gasteiger partial charge in [-0.15, -0.1) is 0 Å². The van der Waals surface area contributed by atoms with E-state index in [1.54, 1.807) is 24.3 Å². The molecule has 0 aliphatic carbocycles. The van der Waals surface area contributed by atoms with Crippen molar-refractivity contribution < 1.29 is 9.53 Å². The van der Waals surface area contributed by atoms with E-state index in [0.717, 1.165) is 4.47 Å². The van der Waals surface area contributed by atoms with Crippen molar-refractivity contribution in [1.82, 2.24) is 0 Å². The van der Waals surface area contributed by atoms with Crippen molar-refractivity contribution >= 4 is 33.0 Å². The molecule has 0 fully saturated rings. The molecule has 0 radical (unpaired) electrons. The van der Waals surface area contributed by atoms with E-state index in [9.17, 15) is 4.79 Å². The highest BCUT2D eigenvalue weighted by atomic mass is 79.9. The summed E-state index contributed by atoms with van der Waals surface area (Å²) in [6.45, 7) is 0. The van der Waals surface area contributed by atoms with E-state index in [1.807, 2.05) is 0 Å². The van der Waals surface area contributed by atoms with E-state index in [4.69, 9.17) is 11.6 Å². The summed E-state index contributed by atoms with van der Waals surface area (Å²) in [7, 11) is 0. The molecule has 0 saturated carbocycles. The number of benzene rings is 1. The van der Waals surface area contributed by atoms with Crippen molar-refractivity contribution in [2.75, 3.05) is 0 Å². The van der Waals surface area contributed by atoms with Crippen LogP contribution in [0.2, 0.25) is 0 Å². The minimum absolute atomic E-state index is 0.438. The molecule has 4 heteroatoms. The standard InChI is InChI=1S/C7H4BrClO2/c8-5-1-3-6(4-2-5)11-7(9)10/h1-4H. The summed E-state index contributed by atoms with van der Waals surface area (Å²) < 4.78 is 5.50. The molecular weight excluding hydrogens is 231 g/mol. The van der Waals surface area contributed by atoms with Crippen LogP contribution in [-0.4, -0.2) is 5.43 Å². The molecule has 0 N–H and O–H groups in total. The van der Waals surface area contributed by atoms with Crippen LogP contribution in [0.5, 0.6) is 5.75 Å². The minimum atomic E-state index is -0.827. The van der Waals surface area contributed by atoms with E-state index in [2.05, 4.69) is 20.7 Å². The Morgan fingerprint density at radius 2 is 1.91 bits per heavy atom. The second kappa shape index (κ2) is 3.74. The fourth-order valence-electron chi connectivity index (χ4n) is 0.595. The maximum Gasteiger partial charge on any atom is 0.409 e. The molecule has 0 unspecified atom stereocenters. The molecule has 0 heterocycles. The number of carbonyl (C=O) groups excluding carboxylic acids is 1. The third-order valence-electron chi connectivity index (χ3n) is 1.01. The Kier molecular flexibility index (Phi) is 2.91. The molecule has 0 aromatic heterocycles. The van der Waals surface area contributed by atoms with Crippen LogP contribution in [0.1, 0.15) is 0 Å². The Bertz CT molecular complexity index is 258. The lowest BCUT2D eigenvalue weighted by Gasteiger charge is -1.97. The third-order valence-corrected chi connectivity index (χ3v) is 1.62. The van der Waals surface area contributed by atoms with Crippen LogP contribution in [-0.2, 0) is 0 Å². The summed E-state index contributed by atoms with van der Waals surface area (Å²) in [6.07, 6.45) is 0. The lowest BCUT2D eigenvalue weighted by molar-refractivity contribution is 0.225. The Morgan fingerprint density at radius 3 is 2.36 bits per heavy atom. The quantitative estimate of drug-likeness (QED) is 0.699. The van der Waals surface area contributed by atoms with Crippen LogP contribution in [0.4, 0.5) is 4.79 Å². The lowest BCUT2D eigenvalue weighted by atomic mass is 10.3. The molecule has 0 atom stereocenters. The van der Waals surface area contributed by atoms with Crippen molar-refractivity contribution in [3.63, 3.8) is 0 Å². The summed E-state index contributed by atoms with van der Waals surface area (Å²) >= 11 is 8.22. The van der Waals surface area contributed by atoms with E-state index < -0.39 is 5.43 Å². The van der Waals surface area contributed by atoms with Gasteiger partial charge < -0.3 is 4.74 Å². The first-order valence-corrected chi connectivity index (χ1v) is 3.98. The molecule has 0 bridgehead atoms. The smallest absolute Gasteiger partial charge is 0.409 e. The fraction of sp³-hybridized carbons (Fsp3) is 0. The van der Waals surface area contributed by atoms with Crippen LogP contribution in [0.3, 0.4) is 0 Å². The first-order chi connectivity index (χ1) is 5.18. The minimum Gasteiger partial charge on any atom is -0.415 e. The van der Waals surface area contributed by atoms with Gasteiger partial charge in [-0.2, -0.15) is 0 Å². The topological polar surface area (TPSA) is 26.3 Å². The lowest BCUT2D eigenvalue weighted by Crippen LogP contribution is -1.94. The van der Waals surface area contributed by atoms with Crippen molar-refractivity contribution in [1.29, 1.82) is 0 Å². The molecule has 0 spiro atoms. The second-order valence-corrected chi connectivity index (χ2v) is 3.02. The van der Waals surface area contributed by atoms with Crippen LogP contribution in [0, 0.1) is 0 Å². The summed E-state index contributed by atoms with van der Waals surface area (Å²) in [6, 6.07) is 6.80. The van der Waals surface area contributed by atoms with Gasteiger partial charge in [-0.3, -0.25) is 0 Å². The highest BCUT2D eigenvalue weighted by Gasteiger charge is 1.97. The predicted octanol–water partition coefficient (Wildman–Crippen LogP) is 3.19. The molecule has 0 amide bonds. The molecule has 1 aromatic rings. The molecule has 1 rings (SSSR count). The Morgan fingerprint density at radius 1 is 1.36 bits per heavy atom. The van der Waals surface area contributed by atoms with Gasteiger partial charge in [-0.25, -0.2) is 4.79 Å². The van der Waals surface area contributed by atoms with Gasteiger partial charge >= 0.3 is 5.43 Å². The van der Waals surface area contributed by atoms with Gasteiger partial charge in [0.05, 0.1) is 0 Å². The van der Waals surface area contributed by atoms with Crippen molar-refractivity contribution in [2.24, 2.45) is 0 Å². The molecule has 0 saturated heterocycles. The van der Waals surface area contributed by atoms with E-state index in [0.29, 0.717) is 5.75 Å². The van der Waals surface area contributed by atoms with Gasteiger partial charge in [0, 0.05) is 16.1 Å². The zero-order valence-corrected chi connectivity index (χ0v) is 7.72. The number of rotatable bonds is 1. The number of halogens is 2. The maximum atomic E-state index is 10.2. The number of carbonyl (C=O) groups is 1. The van der Waals surface area contributed by atoms with E-state index in [1.165, 1.54) is 0 Å². The van der Waals surface area contributed by atoms with Crippen LogP contribution >= 0.6 is 27.5 Å². The van der Waals surface area contributed by atoms with Gasteiger partial charge in [-0.05, 0) is 24.3 Å². The Labute approximate surface area is 77.2 Å². The molecule has 11 heavy (non-hydrogen) atoms. The average Bonchev–Trinajstić information content (AvgIpc) is 1.93. The van der Waals surface area contributed by atoms with Crippen molar-refractivity contribution in [2.45, 2.75) is 0 Å². The predicted molar refractivity (Wildman–Crippen MR) is 46.0 cm³/mol. The van der Waals surface area contributed by atoms with Gasteiger partial charge in [0.15, 0.2) is 0 Å². The zero-order valence-electron chi connectivity index (χ0n) is 5.38. The molecular formula is C7H4BrClO2. The zero-order chi connectivity index (χ0) is 8.27. The van der Waals surface area contributed by atoms with Crippen molar-refractivity contribution in [3.8, 4) is 5.75 Å². The molecule has 0 aliphatic heterocycles. The normalized spacial score (nSPS) is 9.27. The molecule has 2 nitrogen and oxygen atoms in total. The third kappa shape index (κ3) is 2.91. The monoisotopic (exact) mass is 234 g/mol. The molecule has 1 aromatic carbocycles. The number of hydrogen-bond acceptors (Lipinski definition) is 2. The van der Waals surface area contributed by atoms with Crippen LogP contribution in [0.25, 0.3) is 0 Å². The Hall–Kier alpha value is -0.540. The average molecular weight is 235 g/mol. The highest BCUT2D eigenvalue weighted by molar-refractivity contribution is 9.10. The highest BCUT2D eigenvalue weighted by Crippen LogP contribution is 2.16. The number of hydrogen-bond donors (Lipinski definition) is 0. The second-order valence-electron chi connectivity index (χ2n) is 1.79. The summed E-state index contributed by atoms with van der Waals surface area (Å²) in [5.41, 5.74) is -0.827. The molecule has 0 aliphatic rings. The summed E-state index contributed by atoms with van der Waals surface area (Å²) in [5, 5.41) is 0. The number of ether oxygens (including phenoxy) is 1.